The Morgan fingerprint density at radius 2 is 0.735 bits per heavy atom. The van der Waals surface area contributed by atoms with E-state index in [0.29, 0.717) is 28.9 Å². The summed E-state index contributed by atoms with van der Waals surface area (Å²) in [7, 11) is 0. The lowest BCUT2D eigenvalue weighted by molar-refractivity contribution is 0.399. The highest BCUT2D eigenvalue weighted by Gasteiger charge is 2.48. The standard InChI is InChI=1S/C79H64N4/c1-7-9-53-78(5,69-41-27-15-28-42-69)79(6,70-43-29-16-30-44-70)73(65-35-21-12-22-36-65)54-58(4)83(57(3)8-2)74-71(63-49-45-61(46-50-63)59-31-17-10-18-32-59)55-68(56-72(74)64-51-47-62(48-52-64)60-33-19-11-20-34-60)77-81-75(66-37-23-13-24-38-66)80-76(82-77)67-39-25-14-26-40-67/h7-56H,1-4H2,5-6H3/b53-9-,73-54-. The maximum Gasteiger partial charge on any atom is 0.164 e. The normalized spacial score (nSPS) is 12.9. The molecular weight excluding hydrogens is 1000 g/mol. The lowest BCUT2D eigenvalue weighted by atomic mass is 9.54. The Hall–Kier alpha value is -10.6. The Morgan fingerprint density at radius 1 is 0.386 bits per heavy atom. The van der Waals surface area contributed by atoms with Crippen molar-refractivity contribution in [3.05, 3.63) is 358 Å². The van der Waals surface area contributed by atoms with Crippen molar-refractivity contribution < 1.29 is 0 Å². The minimum atomic E-state index is -0.748. The number of hydrogen-bond donors (Lipinski definition) is 0. The number of benzene rings is 10. The van der Waals surface area contributed by atoms with Crippen LogP contribution in [0, 0.1) is 0 Å². The van der Waals surface area contributed by atoms with Crippen LogP contribution >= 0.6 is 0 Å². The first-order valence-electron chi connectivity index (χ1n) is 28.0. The molecule has 0 amide bonds. The van der Waals surface area contributed by atoms with Gasteiger partial charge in [0.1, 0.15) is 0 Å². The second-order valence-electron chi connectivity index (χ2n) is 20.9. The highest BCUT2D eigenvalue weighted by molar-refractivity contribution is 5.98. The second-order valence-corrected chi connectivity index (χ2v) is 20.9. The molecular formula is C79H64N4. The lowest BCUT2D eigenvalue weighted by Gasteiger charge is -2.48. The zero-order valence-electron chi connectivity index (χ0n) is 47.0. The van der Waals surface area contributed by atoms with Crippen LogP contribution in [0.4, 0.5) is 5.69 Å². The van der Waals surface area contributed by atoms with Crippen LogP contribution in [-0.2, 0) is 10.8 Å². The Kier molecular flexibility index (Phi) is 16.0. The number of anilines is 1. The van der Waals surface area contributed by atoms with Crippen LogP contribution in [0.15, 0.2) is 341 Å². The molecule has 400 valence electrons. The molecule has 0 saturated heterocycles. The SMILES string of the molecule is C=C/C=C\C(C)(c1ccccc1)C(C)(/C(=C\C(=C)N(C(=C)C=C)c1c(-c2ccc(-c3ccccc3)cc2)cc(-c2nc(-c3ccccc3)nc(-c3ccccc3)n2)cc1-c1ccc(-c2ccccc2)cc1)c1ccccc1)c1ccccc1. The summed E-state index contributed by atoms with van der Waals surface area (Å²) in [5, 5.41) is 0. The minimum Gasteiger partial charge on any atom is -0.310 e. The van der Waals surface area contributed by atoms with Gasteiger partial charge in [-0.15, -0.1) is 0 Å². The highest BCUT2D eigenvalue weighted by atomic mass is 15.2. The fraction of sp³-hybridized carbons (Fsp3) is 0.0506. The van der Waals surface area contributed by atoms with Crippen molar-refractivity contribution >= 4 is 11.3 Å². The quantitative estimate of drug-likeness (QED) is 0.0757. The predicted molar refractivity (Wildman–Crippen MR) is 350 cm³/mol. The fourth-order valence-corrected chi connectivity index (χ4v) is 11.4. The van der Waals surface area contributed by atoms with Crippen molar-refractivity contribution in [2.75, 3.05) is 4.90 Å². The molecule has 4 heteroatoms. The monoisotopic (exact) mass is 1070 g/mol. The summed E-state index contributed by atoms with van der Waals surface area (Å²) in [6, 6.07) is 95.5. The van der Waals surface area contributed by atoms with E-state index in [0.717, 1.165) is 89.1 Å². The van der Waals surface area contributed by atoms with Gasteiger partial charge in [0.25, 0.3) is 0 Å². The second kappa shape index (κ2) is 24.4. The number of rotatable bonds is 19. The smallest absolute Gasteiger partial charge is 0.164 e. The third-order valence-corrected chi connectivity index (χ3v) is 16.0. The van der Waals surface area contributed by atoms with Gasteiger partial charge in [0, 0.05) is 50.0 Å². The number of nitrogens with zero attached hydrogens (tertiary/aromatic N) is 4. The third-order valence-electron chi connectivity index (χ3n) is 16.0. The topological polar surface area (TPSA) is 41.9 Å². The summed E-state index contributed by atoms with van der Waals surface area (Å²) in [6.07, 6.45) is 10.3. The summed E-state index contributed by atoms with van der Waals surface area (Å²) >= 11 is 0. The van der Waals surface area contributed by atoms with E-state index in [2.05, 4.69) is 250 Å². The molecule has 0 saturated carbocycles. The Balaban J connectivity index is 1.23. The van der Waals surface area contributed by atoms with E-state index >= 15 is 0 Å². The average molecular weight is 1070 g/mol. The molecule has 83 heavy (non-hydrogen) atoms. The predicted octanol–water partition coefficient (Wildman–Crippen LogP) is 20.3. The Labute approximate surface area is 489 Å². The first-order chi connectivity index (χ1) is 40.7. The van der Waals surface area contributed by atoms with E-state index in [-0.39, 0.29) is 0 Å². The molecule has 1 heterocycles. The number of allylic oxidation sites excluding steroid dienone is 6. The largest absolute Gasteiger partial charge is 0.310 e. The van der Waals surface area contributed by atoms with E-state index in [1.54, 1.807) is 0 Å². The molecule has 11 aromatic rings. The third kappa shape index (κ3) is 11.2. The van der Waals surface area contributed by atoms with Gasteiger partial charge >= 0.3 is 0 Å². The molecule has 2 atom stereocenters. The van der Waals surface area contributed by atoms with Gasteiger partial charge in [0.05, 0.1) is 5.69 Å². The van der Waals surface area contributed by atoms with Gasteiger partial charge in [0.15, 0.2) is 17.5 Å². The Morgan fingerprint density at radius 3 is 1.14 bits per heavy atom. The van der Waals surface area contributed by atoms with Crippen molar-refractivity contribution in [2.45, 2.75) is 24.7 Å². The summed E-state index contributed by atoms with van der Waals surface area (Å²) in [4.78, 5) is 17.9. The molecule has 0 aliphatic heterocycles. The van der Waals surface area contributed by atoms with Gasteiger partial charge in [0.2, 0.25) is 0 Å². The van der Waals surface area contributed by atoms with Gasteiger partial charge in [-0.2, -0.15) is 0 Å². The maximum atomic E-state index is 5.33. The molecule has 1 aromatic heterocycles. The van der Waals surface area contributed by atoms with E-state index < -0.39 is 10.8 Å². The van der Waals surface area contributed by atoms with Gasteiger partial charge in [-0.25, -0.2) is 15.0 Å². The molecule has 0 radical (unpaired) electrons. The van der Waals surface area contributed by atoms with Crippen LogP contribution in [0.3, 0.4) is 0 Å². The molecule has 0 spiro atoms. The van der Waals surface area contributed by atoms with Crippen molar-refractivity contribution in [3.8, 4) is 78.7 Å². The van der Waals surface area contributed by atoms with Crippen LogP contribution in [0.5, 0.6) is 0 Å². The maximum absolute atomic E-state index is 5.33. The molecule has 0 bridgehead atoms. The Bertz CT molecular complexity index is 3960. The van der Waals surface area contributed by atoms with Crippen LogP contribution < -0.4 is 4.90 Å². The summed E-state index contributed by atoms with van der Waals surface area (Å²) in [5.41, 5.74) is 15.9. The minimum absolute atomic E-state index is 0.527. The average Bonchev–Trinajstić information content (AvgIpc) is 3.21. The molecule has 2 unspecified atom stereocenters. The zero-order valence-corrected chi connectivity index (χ0v) is 47.0. The molecule has 0 fully saturated rings. The van der Waals surface area contributed by atoms with Crippen LogP contribution in [0.25, 0.3) is 84.2 Å². The van der Waals surface area contributed by atoms with Gasteiger partial charge in [-0.1, -0.05) is 319 Å². The first-order valence-corrected chi connectivity index (χ1v) is 28.0. The van der Waals surface area contributed by atoms with Crippen molar-refractivity contribution in [2.24, 2.45) is 0 Å². The molecule has 0 aliphatic carbocycles. The lowest BCUT2D eigenvalue weighted by Crippen LogP contribution is -2.45. The number of aromatic nitrogens is 3. The molecule has 0 N–H and O–H groups in total. The van der Waals surface area contributed by atoms with Crippen molar-refractivity contribution in [1.29, 1.82) is 0 Å². The van der Waals surface area contributed by atoms with Gasteiger partial charge < -0.3 is 4.90 Å². The van der Waals surface area contributed by atoms with E-state index in [9.17, 15) is 0 Å². The number of hydrogen-bond acceptors (Lipinski definition) is 4. The van der Waals surface area contributed by atoms with Gasteiger partial charge in [-0.3, -0.25) is 0 Å². The van der Waals surface area contributed by atoms with Crippen LogP contribution in [-0.4, -0.2) is 15.0 Å². The van der Waals surface area contributed by atoms with E-state index in [4.69, 9.17) is 28.1 Å². The summed E-state index contributed by atoms with van der Waals surface area (Å²) in [6.45, 7) is 23.2. The zero-order chi connectivity index (χ0) is 57.2. The van der Waals surface area contributed by atoms with Crippen LogP contribution in [0.1, 0.15) is 30.5 Å². The molecule has 10 aromatic carbocycles. The molecule has 11 rings (SSSR count). The molecule has 4 nitrogen and oxygen atoms in total. The highest BCUT2D eigenvalue weighted by Crippen LogP contribution is 2.55. The van der Waals surface area contributed by atoms with E-state index in [1.807, 2.05) is 84.9 Å². The summed E-state index contributed by atoms with van der Waals surface area (Å²) < 4.78 is 0. The molecule has 0 aliphatic rings. The fourth-order valence-electron chi connectivity index (χ4n) is 11.4. The van der Waals surface area contributed by atoms with E-state index in [1.165, 1.54) is 0 Å². The first kappa shape index (κ1) is 54.4. The summed E-state index contributed by atoms with van der Waals surface area (Å²) in [5.74, 6) is 1.67. The van der Waals surface area contributed by atoms with Crippen molar-refractivity contribution in [1.82, 2.24) is 15.0 Å². The van der Waals surface area contributed by atoms with Crippen LogP contribution in [0.2, 0.25) is 0 Å². The van der Waals surface area contributed by atoms with Gasteiger partial charge in [-0.05, 0) is 79.9 Å². The van der Waals surface area contributed by atoms with Crippen molar-refractivity contribution in [3.63, 3.8) is 0 Å².